The first-order valence-electron chi connectivity index (χ1n) is 6.57. The van der Waals surface area contributed by atoms with Crippen molar-refractivity contribution in [3.8, 4) is 0 Å². The number of hydrogen-bond donors (Lipinski definition) is 0. The van der Waals surface area contributed by atoms with Crippen molar-refractivity contribution in [2.24, 2.45) is 5.92 Å². The average molecular weight is 257 g/mol. The molecule has 19 heavy (non-hydrogen) atoms. The van der Waals surface area contributed by atoms with E-state index < -0.39 is 0 Å². The van der Waals surface area contributed by atoms with Crippen molar-refractivity contribution in [2.75, 3.05) is 0 Å². The normalized spacial score (nSPS) is 12.6. The number of carbonyl (C=O) groups is 1. The van der Waals surface area contributed by atoms with Gasteiger partial charge in [-0.2, -0.15) is 0 Å². The van der Waals surface area contributed by atoms with Crippen molar-refractivity contribution in [3.05, 3.63) is 47.3 Å². The van der Waals surface area contributed by atoms with Crippen molar-refractivity contribution in [1.82, 2.24) is 15.0 Å². The highest BCUT2D eigenvalue weighted by molar-refractivity contribution is 5.73. The van der Waals surface area contributed by atoms with Crippen LogP contribution in [0.1, 0.15) is 48.6 Å². The molecule has 0 bridgehead atoms. The highest BCUT2D eigenvalue weighted by Gasteiger charge is 2.18. The lowest BCUT2D eigenvalue weighted by Crippen LogP contribution is -2.14. The first-order chi connectivity index (χ1) is 9.13. The second-order valence-electron chi connectivity index (χ2n) is 5.17. The van der Waals surface area contributed by atoms with Crippen LogP contribution in [0.15, 0.2) is 30.3 Å². The summed E-state index contributed by atoms with van der Waals surface area (Å²) in [6.45, 7) is 6.32. The van der Waals surface area contributed by atoms with E-state index >= 15 is 0 Å². The van der Waals surface area contributed by atoms with E-state index in [1.54, 1.807) is 0 Å². The van der Waals surface area contributed by atoms with Gasteiger partial charge in [-0.1, -0.05) is 49.4 Å². The van der Waals surface area contributed by atoms with Gasteiger partial charge in [-0.25, -0.2) is 4.68 Å². The number of hydrogen-bond acceptors (Lipinski definition) is 3. The van der Waals surface area contributed by atoms with Crippen LogP contribution in [-0.2, 0) is 6.42 Å². The standard InChI is InChI=1S/C15H19N3O/c1-11(2)9-15-14(10-19)16-17-18(15)12(3)13-7-5-4-6-8-13/h4-8,10-12H,9H2,1-3H3. The zero-order valence-electron chi connectivity index (χ0n) is 11.6. The molecule has 0 amide bonds. The number of aromatic nitrogens is 3. The fourth-order valence-corrected chi connectivity index (χ4v) is 2.19. The van der Waals surface area contributed by atoms with Crippen LogP contribution in [0.5, 0.6) is 0 Å². The monoisotopic (exact) mass is 257 g/mol. The first-order valence-corrected chi connectivity index (χ1v) is 6.57. The van der Waals surface area contributed by atoms with Gasteiger partial charge in [0.2, 0.25) is 0 Å². The smallest absolute Gasteiger partial charge is 0.172 e. The largest absolute Gasteiger partial charge is 0.296 e. The summed E-state index contributed by atoms with van der Waals surface area (Å²) in [5.41, 5.74) is 2.53. The maximum atomic E-state index is 11.1. The number of nitrogens with zero attached hydrogens (tertiary/aromatic N) is 3. The van der Waals surface area contributed by atoms with Gasteiger partial charge in [0.05, 0.1) is 11.7 Å². The van der Waals surface area contributed by atoms with E-state index in [0.717, 1.165) is 24.0 Å². The molecule has 2 aromatic rings. The fourth-order valence-electron chi connectivity index (χ4n) is 2.19. The van der Waals surface area contributed by atoms with Crippen molar-refractivity contribution in [2.45, 2.75) is 33.2 Å². The second-order valence-corrected chi connectivity index (χ2v) is 5.17. The van der Waals surface area contributed by atoms with Gasteiger partial charge in [0.15, 0.2) is 6.29 Å². The van der Waals surface area contributed by atoms with E-state index in [1.807, 2.05) is 22.9 Å². The molecule has 0 aliphatic heterocycles. The third kappa shape index (κ3) is 2.89. The Bertz CT molecular complexity index is 546. The zero-order chi connectivity index (χ0) is 13.8. The minimum Gasteiger partial charge on any atom is -0.296 e. The summed E-state index contributed by atoms with van der Waals surface area (Å²) in [7, 11) is 0. The van der Waals surface area contributed by atoms with Crippen LogP contribution >= 0.6 is 0 Å². The molecular formula is C15H19N3O. The van der Waals surface area contributed by atoms with Crippen LogP contribution in [-0.4, -0.2) is 21.3 Å². The first kappa shape index (κ1) is 13.5. The average Bonchev–Trinajstić information content (AvgIpc) is 2.81. The minimum atomic E-state index is 0.0798. The van der Waals surface area contributed by atoms with Gasteiger partial charge in [0, 0.05) is 0 Å². The molecule has 0 radical (unpaired) electrons. The minimum absolute atomic E-state index is 0.0798. The van der Waals surface area contributed by atoms with Crippen LogP contribution in [0, 0.1) is 5.92 Å². The van der Waals surface area contributed by atoms with Gasteiger partial charge in [-0.05, 0) is 24.8 Å². The molecule has 0 aliphatic carbocycles. The highest BCUT2D eigenvalue weighted by Crippen LogP contribution is 2.21. The molecule has 0 fully saturated rings. The molecule has 0 N–H and O–H groups in total. The second kappa shape index (κ2) is 5.78. The molecule has 100 valence electrons. The number of aldehydes is 1. The summed E-state index contributed by atoms with van der Waals surface area (Å²) in [4.78, 5) is 11.1. The zero-order valence-corrected chi connectivity index (χ0v) is 11.6. The molecule has 2 rings (SSSR count). The van der Waals surface area contributed by atoms with Gasteiger partial charge < -0.3 is 0 Å². The van der Waals surface area contributed by atoms with Gasteiger partial charge >= 0.3 is 0 Å². The van der Waals surface area contributed by atoms with Gasteiger partial charge in [-0.3, -0.25) is 4.79 Å². The molecule has 1 aromatic heterocycles. The van der Waals surface area contributed by atoms with Crippen molar-refractivity contribution in [1.29, 1.82) is 0 Å². The molecule has 1 heterocycles. The van der Waals surface area contributed by atoms with E-state index in [2.05, 4.69) is 43.2 Å². The van der Waals surface area contributed by atoms with Crippen molar-refractivity contribution < 1.29 is 4.79 Å². The summed E-state index contributed by atoms with van der Waals surface area (Å²) >= 11 is 0. The number of rotatable bonds is 5. The van der Waals surface area contributed by atoms with E-state index in [9.17, 15) is 4.79 Å². The van der Waals surface area contributed by atoms with Crippen LogP contribution < -0.4 is 0 Å². The van der Waals surface area contributed by atoms with Crippen LogP contribution in [0.4, 0.5) is 0 Å². The topological polar surface area (TPSA) is 47.8 Å². The van der Waals surface area contributed by atoms with E-state index in [0.29, 0.717) is 11.6 Å². The van der Waals surface area contributed by atoms with Crippen molar-refractivity contribution >= 4 is 6.29 Å². The van der Waals surface area contributed by atoms with E-state index in [1.165, 1.54) is 0 Å². The Balaban J connectivity index is 2.39. The van der Waals surface area contributed by atoms with E-state index in [4.69, 9.17) is 0 Å². The molecular weight excluding hydrogens is 238 g/mol. The van der Waals surface area contributed by atoms with Crippen LogP contribution in [0.25, 0.3) is 0 Å². The summed E-state index contributed by atoms with van der Waals surface area (Å²) < 4.78 is 1.86. The third-order valence-electron chi connectivity index (χ3n) is 3.18. The molecule has 4 heteroatoms. The van der Waals surface area contributed by atoms with Crippen LogP contribution in [0.3, 0.4) is 0 Å². The lowest BCUT2D eigenvalue weighted by Gasteiger charge is -2.16. The Hall–Kier alpha value is -1.97. The van der Waals surface area contributed by atoms with Crippen molar-refractivity contribution in [3.63, 3.8) is 0 Å². The Kier molecular flexibility index (Phi) is 4.10. The molecule has 0 aliphatic rings. The summed E-state index contributed by atoms with van der Waals surface area (Å²) in [6, 6.07) is 10.2. The molecule has 0 saturated carbocycles. The Morgan fingerprint density at radius 2 is 1.89 bits per heavy atom. The molecule has 0 spiro atoms. The summed E-state index contributed by atoms with van der Waals surface area (Å²) in [5.74, 6) is 0.457. The van der Waals surface area contributed by atoms with Crippen LogP contribution in [0.2, 0.25) is 0 Å². The number of carbonyl (C=O) groups excluding carboxylic acids is 1. The lowest BCUT2D eigenvalue weighted by molar-refractivity contribution is 0.111. The maximum absolute atomic E-state index is 11.1. The Morgan fingerprint density at radius 3 is 2.47 bits per heavy atom. The maximum Gasteiger partial charge on any atom is 0.172 e. The van der Waals surface area contributed by atoms with Gasteiger partial charge in [-0.15, -0.1) is 5.10 Å². The Labute approximate surface area is 113 Å². The SMILES string of the molecule is CC(C)Cc1c(C=O)nnn1C(C)c1ccccc1. The predicted octanol–water partition coefficient (Wildman–Crippen LogP) is 2.90. The molecule has 4 nitrogen and oxygen atoms in total. The molecule has 1 aromatic carbocycles. The quantitative estimate of drug-likeness (QED) is 0.774. The fraction of sp³-hybridized carbons (Fsp3) is 0.400. The number of benzene rings is 1. The third-order valence-corrected chi connectivity index (χ3v) is 3.18. The summed E-state index contributed by atoms with van der Waals surface area (Å²) in [6.07, 6.45) is 1.59. The van der Waals surface area contributed by atoms with E-state index in [-0.39, 0.29) is 6.04 Å². The summed E-state index contributed by atoms with van der Waals surface area (Å²) in [5, 5.41) is 8.13. The van der Waals surface area contributed by atoms with Gasteiger partial charge in [0.25, 0.3) is 0 Å². The predicted molar refractivity (Wildman–Crippen MR) is 74.2 cm³/mol. The lowest BCUT2D eigenvalue weighted by atomic mass is 10.0. The highest BCUT2D eigenvalue weighted by atomic mass is 16.1. The molecule has 1 atom stereocenters. The Morgan fingerprint density at radius 1 is 1.21 bits per heavy atom. The molecule has 0 saturated heterocycles. The molecule has 1 unspecified atom stereocenters. The van der Waals surface area contributed by atoms with Gasteiger partial charge in [0.1, 0.15) is 5.69 Å².